The SMILES string of the molecule is CC(O)c1ccc(CNC(=O)C2CC3CCCCC3N2)cc1. The molecule has 1 aliphatic carbocycles. The summed E-state index contributed by atoms with van der Waals surface area (Å²) in [6.45, 7) is 2.30. The van der Waals surface area contributed by atoms with Gasteiger partial charge in [-0.25, -0.2) is 0 Å². The van der Waals surface area contributed by atoms with Crippen LogP contribution in [0.3, 0.4) is 0 Å². The number of hydrogen-bond acceptors (Lipinski definition) is 3. The molecule has 4 atom stereocenters. The van der Waals surface area contributed by atoms with Gasteiger partial charge in [0.2, 0.25) is 5.91 Å². The number of amides is 1. The summed E-state index contributed by atoms with van der Waals surface area (Å²) in [6, 6.07) is 8.27. The highest BCUT2D eigenvalue weighted by Gasteiger charge is 2.37. The summed E-state index contributed by atoms with van der Waals surface area (Å²) in [5, 5.41) is 16.0. The molecule has 120 valence electrons. The molecular weight excluding hydrogens is 276 g/mol. The molecule has 0 radical (unpaired) electrons. The summed E-state index contributed by atoms with van der Waals surface area (Å²) in [7, 11) is 0. The lowest BCUT2D eigenvalue weighted by Crippen LogP contribution is -2.42. The highest BCUT2D eigenvalue weighted by atomic mass is 16.3. The summed E-state index contributed by atoms with van der Waals surface area (Å²) >= 11 is 0. The van der Waals surface area contributed by atoms with Crippen LogP contribution >= 0.6 is 0 Å². The molecule has 4 nitrogen and oxygen atoms in total. The number of carbonyl (C=O) groups excluding carboxylic acids is 1. The van der Waals surface area contributed by atoms with Gasteiger partial charge in [0.25, 0.3) is 0 Å². The quantitative estimate of drug-likeness (QED) is 0.799. The van der Waals surface area contributed by atoms with Crippen LogP contribution in [0.4, 0.5) is 0 Å². The van der Waals surface area contributed by atoms with Gasteiger partial charge in [-0.3, -0.25) is 4.79 Å². The number of nitrogens with one attached hydrogen (secondary N) is 2. The van der Waals surface area contributed by atoms with E-state index in [1.165, 1.54) is 25.7 Å². The average Bonchev–Trinajstić information content (AvgIpc) is 2.97. The fourth-order valence-corrected chi connectivity index (χ4v) is 3.75. The van der Waals surface area contributed by atoms with Crippen LogP contribution in [-0.4, -0.2) is 23.1 Å². The van der Waals surface area contributed by atoms with Crippen molar-refractivity contribution in [2.24, 2.45) is 5.92 Å². The van der Waals surface area contributed by atoms with E-state index in [4.69, 9.17) is 0 Å². The van der Waals surface area contributed by atoms with Crippen molar-refractivity contribution >= 4 is 5.91 Å². The zero-order valence-electron chi connectivity index (χ0n) is 13.2. The third-order valence-corrected chi connectivity index (χ3v) is 5.11. The molecule has 1 heterocycles. The normalized spacial score (nSPS) is 28.9. The summed E-state index contributed by atoms with van der Waals surface area (Å²) in [6.07, 6.45) is 5.62. The third-order valence-electron chi connectivity index (χ3n) is 5.11. The van der Waals surface area contributed by atoms with E-state index in [1.54, 1.807) is 6.92 Å². The minimum absolute atomic E-state index is 0.0233. The molecule has 1 saturated heterocycles. The van der Waals surface area contributed by atoms with E-state index in [0.29, 0.717) is 18.5 Å². The van der Waals surface area contributed by atoms with Gasteiger partial charge in [0.15, 0.2) is 0 Å². The fraction of sp³-hybridized carbons (Fsp3) is 0.611. The third kappa shape index (κ3) is 3.50. The predicted molar refractivity (Wildman–Crippen MR) is 86.2 cm³/mol. The lowest BCUT2D eigenvalue weighted by atomic mass is 9.85. The van der Waals surface area contributed by atoms with Crippen molar-refractivity contribution in [3.8, 4) is 0 Å². The lowest BCUT2D eigenvalue weighted by molar-refractivity contribution is -0.123. The standard InChI is InChI=1S/C18H26N2O2/c1-12(21)14-8-6-13(7-9-14)11-19-18(22)17-10-15-4-2-3-5-16(15)20-17/h6-9,12,15-17,20-21H,2-5,10-11H2,1H3,(H,19,22). The Hall–Kier alpha value is -1.39. The molecule has 22 heavy (non-hydrogen) atoms. The molecule has 0 bridgehead atoms. The van der Waals surface area contributed by atoms with E-state index >= 15 is 0 Å². The Balaban J connectivity index is 1.50. The number of benzene rings is 1. The first-order valence-corrected chi connectivity index (χ1v) is 8.44. The van der Waals surface area contributed by atoms with Gasteiger partial charge in [0.1, 0.15) is 0 Å². The molecule has 3 N–H and O–H groups in total. The smallest absolute Gasteiger partial charge is 0.237 e. The van der Waals surface area contributed by atoms with Crippen LogP contribution in [-0.2, 0) is 11.3 Å². The van der Waals surface area contributed by atoms with Crippen LogP contribution in [0, 0.1) is 5.92 Å². The summed E-state index contributed by atoms with van der Waals surface area (Å²) in [5.74, 6) is 0.809. The van der Waals surface area contributed by atoms with Gasteiger partial charge in [0, 0.05) is 12.6 Å². The maximum Gasteiger partial charge on any atom is 0.237 e. The van der Waals surface area contributed by atoms with E-state index in [0.717, 1.165) is 17.5 Å². The zero-order valence-corrected chi connectivity index (χ0v) is 13.2. The van der Waals surface area contributed by atoms with Gasteiger partial charge >= 0.3 is 0 Å². The number of carbonyl (C=O) groups is 1. The van der Waals surface area contributed by atoms with E-state index in [9.17, 15) is 9.90 Å². The Morgan fingerprint density at radius 1 is 1.32 bits per heavy atom. The molecule has 1 aromatic rings. The van der Waals surface area contributed by atoms with Crippen LogP contribution < -0.4 is 10.6 Å². The van der Waals surface area contributed by atoms with E-state index < -0.39 is 6.10 Å². The Morgan fingerprint density at radius 3 is 2.73 bits per heavy atom. The molecule has 1 saturated carbocycles. The average molecular weight is 302 g/mol. The highest BCUT2D eigenvalue weighted by Crippen LogP contribution is 2.33. The second-order valence-electron chi connectivity index (χ2n) is 6.74. The Morgan fingerprint density at radius 2 is 2.05 bits per heavy atom. The van der Waals surface area contributed by atoms with Crippen molar-refractivity contribution in [3.05, 3.63) is 35.4 Å². The van der Waals surface area contributed by atoms with Crippen LogP contribution in [0.25, 0.3) is 0 Å². The van der Waals surface area contributed by atoms with Crippen molar-refractivity contribution in [3.63, 3.8) is 0 Å². The predicted octanol–water partition coefficient (Wildman–Crippen LogP) is 2.28. The first kappa shape index (κ1) is 15.5. The molecular formula is C18H26N2O2. The van der Waals surface area contributed by atoms with Gasteiger partial charge in [-0.05, 0) is 43.2 Å². The Kier molecular flexibility index (Phi) is 4.79. The monoisotopic (exact) mass is 302 g/mol. The van der Waals surface area contributed by atoms with Gasteiger partial charge < -0.3 is 15.7 Å². The molecule has 1 aromatic carbocycles. The fourth-order valence-electron chi connectivity index (χ4n) is 3.75. The first-order valence-electron chi connectivity index (χ1n) is 8.44. The van der Waals surface area contributed by atoms with Crippen LogP contribution in [0.5, 0.6) is 0 Å². The maximum atomic E-state index is 12.3. The summed E-state index contributed by atoms with van der Waals surface area (Å²) < 4.78 is 0. The minimum Gasteiger partial charge on any atom is -0.389 e. The van der Waals surface area contributed by atoms with E-state index in [1.807, 2.05) is 24.3 Å². The first-order chi connectivity index (χ1) is 10.6. The van der Waals surface area contributed by atoms with Crippen molar-refractivity contribution in [1.29, 1.82) is 0 Å². The Labute approximate surface area is 132 Å². The number of aliphatic hydroxyl groups excluding tert-OH is 1. The molecule has 0 spiro atoms. The number of fused-ring (bicyclic) bond motifs is 1. The van der Waals surface area contributed by atoms with Crippen molar-refractivity contribution in [2.45, 2.75) is 63.8 Å². The number of hydrogen-bond donors (Lipinski definition) is 3. The van der Waals surface area contributed by atoms with E-state index in [2.05, 4.69) is 10.6 Å². The molecule has 0 aromatic heterocycles. The van der Waals surface area contributed by atoms with Crippen molar-refractivity contribution in [1.82, 2.24) is 10.6 Å². The molecule has 1 amide bonds. The second kappa shape index (κ2) is 6.80. The van der Waals surface area contributed by atoms with Gasteiger partial charge in [-0.15, -0.1) is 0 Å². The topological polar surface area (TPSA) is 61.4 Å². The molecule has 4 heteroatoms. The molecule has 3 rings (SSSR count). The molecule has 2 aliphatic rings. The van der Waals surface area contributed by atoms with Crippen LogP contribution in [0.2, 0.25) is 0 Å². The van der Waals surface area contributed by atoms with Crippen LogP contribution in [0.1, 0.15) is 56.3 Å². The maximum absolute atomic E-state index is 12.3. The Bertz CT molecular complexity index is 498. The number of aliphatic hydroxyl groups is 1. The zero-order chi connectivity index (χ0) is 15.5. The van der Waals surface area contributed by atoms with Crippen molar-refractivity contribution < 1.29 is 9.90 Å². The second-order valence-corrected chi connectivity index (χ2v) is 6.74. The summed E-state index contributed by atoms with van der Waals surface area (Å²) in [5.41, 5.74) is 1.96. The molecule has 2 fully saturated rings. The van der Waals surface area contributed by atoms with Gasteiger partial charge in [-0.1, -0.05) is 37.1 Å². The highest BCUT2D eigenvalue weighted by molar-refractivity contribution is 5.82. The van der Waals surface area contributed by atoms with Crippen molar-refractivity contribution in [2.75, 3.05) is 0 Å². The number of rotatable bonds is 4. The van der Waals surface area contributed by atoms with Gasteiger partial charge in [-0.2, -0.15) is 0 Å². The van der Waals surface area contributed by atoms with Gasteiger partial charge in [0.05, 0.1) is 12.1 Å². The largest absolute Gasteiger partial charge is 0.389 e. The minimum atomic E-state index is -0.449. The summed E-state index contributed by atoms with van der Waals surface area (Å²) in [4.78, 5) is 12.3. The molecule has 1 aliphatic heterocycles. The molecule has 4 unspecified atom stereocenters. The van der Waals surface area contributed by atoms with E-state index in [-0.39, 0.29) is 11.9 Å². The van der Waals surface area contributed by atoms with Crippen LogP contribution in [0.15, 0.2) is 24.3 Å². The lowest BCUT2D eigenvalue weighted by Gasteiger charge is -2.24.